The Morgan fingerprint density at radius 2 is 2.00 bits per heavy atom. The highest BCUT2D eigenvalue weighted by Gasteiger charge is 2.05. The molecule has 0 fully saturated rings. The third kappa shape index (κ3) is 2.58. The van der Waals surface area contributed by atoms with Crippen LogP contribution in [-0.2, 0) is 6.54 Å². The number of imidazole rings is 1. The SMILES string of the molecule is COc1nccnc1NCCn1cnc(C)c1C. The van der Waals surface area contributed by atoms with Gasteiger partial charge in [0.2, 0.25) is 0 Å². The van der Waals surface area contributed by atoms with Crippen molar-refractivity contribution in [3.05, 3.63) is 30.1 Å². The smallest absolute Gasteiger partial charge is 0.257 e. The third-order valence-electron chi connectivity index (χ3n) is 2.85. The summed E-state index contributed by atoms with van der Waals surface area (Å²) in [5.74, 6) is 1.17. The number of hydrogen-bond donors (Lipinski definition) is 1. The fourth-order valence-corrected chi connectivity index (χ4v) is 1.66. The maximum Gasteiger partial charge on any atom is 0.257 e. The molecule has 0 aliphatic heterocycles. The van der Waals surface area contributed by atoms with Gasteiger partial charge in [0.05, 0.1) is 19.1 Å². The van der Waals surface area contributed by atoms with Crippen LogP contribution in [0.1, 0.15) is 11.4 Å². The van der Waals surface area contributed by atoms with E-state index >= 15 is 0 Å². The van der Waals surface area contributed by atoms with Crippen LogP contribution in [-0.4, -0.2) is 33.2 Å². The molecule has 0 unspecified atom stereocenters. The highest BCUT2D eigenvalue weighted by atomic mass is 16.5. The third-order valence-corrected chi connectivity index (χ3v) is 2.85. The summed E-state index contributed by atoms with van der Waals surface area (Å²) < 4.78 is 7.22. The van der Waals surface area contributed by atoms with Crippen LogP contribution in [0.2, 0.25) is 0 Å². The molecule has 96 valence electrons. The van der Waals surface area contributed by atoms with Crippen molar-refractivity contribution in [1.82, 2.24) is 19.5 Å². The molecule has 6 nitrogen and oxygen atoms in total. The van der Waals surface area contributed by atoms with E-state index in [1.54, 1.807) is 19.5 Å². The molecule has 0 aliphatic carbocycles. The summed E-state index contributed by atoms with van der Waals surface area (Å²) in [4.78, 5) is 12.5. The van der Waals surface area contributed by atoms with Crippen LogP contribution in [0.4, 0.5) is 5.82 Å². The quantitative estimate of drug-likeness (QED) is 0.865. The monoisotopic (exact) mass is 247 g/mol. The van der Waals surface area contributed by atoms with Gasteiger partial charge in [0.1, 0.15) is 0 Å². The molecule has 2 rings (SSSR count). The highest BCUT2D eigenvalue weighted by Crippen LogP contribution is 2.16. The lowest BCUT2D eigenvalue weighted by Gasteiger charge is -2.09. The van der Waals surface area contributed by atoms with Crippen molar-refractivity contribution in [3.63, 3.8) is 0 Å². The number of nitrogens with zero attached hydrogens (tertiary/aromatic N) is 4. The first-order chi connectivity index (χ1) is 8.72. The van der Waals surface area contributed by atoms with Gasteiger partial charge in [-0.25, -0.2) is 15.0 Å². The minimum atomic E-state index is 0.510. The van der Waals surface area contributed by atoms with Gasteiger partial charge in [-0.1, -0.05) is 0 Å². The summed E-state index contributed by atoms with van der Waals surface area (Å²) in [5, 5.41) is 3.20. The van der Waals surface area contributed by atoms with Gasteiger partial charge >= 0.3 is 0 Å². The van der Waals surface area contributed by atoms with Crippen LogP contribution in [0.15, 0.2) is 18.7 Å². The van der Waals surface area contributed by atoms with Crippen molar-refractivity contribution in [2.75, 3.05) is 19.0 Å². The maximum absolute atomic E-state index is 5.12. The zero-order valence-electron chi connectivity index (χ0n) is 10.8. The van der Waals surface area contributed by atoms with Gasteiger partial charge in [0.15, 0.2) is 5.82 Å². The standard InChI is InChI=1S/C12H17N5O/c1-9-10(2)17(8-16-9)7-6-14-11-12(18-3)15-5-4-13-11/h4-5,8H,6-7H2,1-3H3,(H,13,14). The molecule has 0 saturated heterocycles. The Labute approximate surface area is 106 Å². The van der Waals surface area contributed by atoms with Crippen molar-refractivity contribution < 1.29 is 4.74 Å². The average molecular weight is 247 g/mol. The van der Waals surface area contributed by atoms with E-state index in [-0.39, 0.29) is 0 Å². The minimum absolute atomic E-state index is 0.510. The minimum Gasteiger partial charge on any atom is -0.478 e. The molecule has 2 aromatic heterocycles. The normalized spacial score (nSPS) is 10.4. The molecular formula is C12H17N5O. The molecular weight excluding hydrogens is 230 g/mol. The van der Waals surface area contributed by atoms with E-state index < -0.39 is 0 Å². The number of aromatic nitrogens is 4. The molecule has 0 amide bonds. The number of anilines is 1. The second kappa shape index (κ2) is 5.48. The van der Waals surface area contributed by atoms with Gasteiger partial charge in [-0.15, -0.1) is 0 Å². The van der Waals surface area contributed by atoms with E-state index in [9.17, 15) is 0 Å². The van der Waals surface area contributed by atoms with E-state index in [2.05, 4.69) is 31.8 Å². The van der Waals surface area contributed by atoms with Gasteiger partial charge in [-0.3, -0.25) is 0 Å². The van der Waals surface area contributed by atoms with Crippen LogP contribution in [0.5, 0.6) is 5.88 Å². The largest absolute Gasteiger partial charge is 0.478 e. The summed E-state index contributed by atoms with van der Waals surface area (Å²) in [6.07, 6.45) is 5.09. The Hall–Kier alpha value is -2.11. The van der Waals surface area contributed by atoms with Gasteiger partial charge in [0, 0.05) is 31.2 Å². The van der Waals surface area contributed by atoms with Crippen LogP contribution < -0.4 is 10.1 Å². The molecule has 0 saturated carbocycles. The molecule has 0 aliphatic rings. The Morgan fingerprint density at radius 1 is 1.22 bits per heavy atom. The zero-order valence-corrected chi connectivity index (χ0v) is 10.8. The maximum atomic E-state index is 5.12. The van der Waals surface area contributed by atoms with Gasteiger partial charge in [0.25, 0.3) is 5.88 Å². The zero-order chi connectivity index (χ0) is 13.0. The van der Waals surface area contributed by atoms with Gasteiger partial charge in [-0.2, -0.15) is 0 Å². The number of ether oxygens (including phenoxy) is 1. The molecule has 0 atom stereocenters. The fourth-order valence-electron chi connectivity index (χ4n) is 1.66. The van der Waals surface area contributed by atoms with Crippen molar-refractivity contribution in [2.24, 2.45) is 0 Å². The summed E-state index contributed by atoms with van der Waals surface area (Å²) in [6.45, 7) is 5.63. The van der Waals surface area contributed by atoms with Crippen molar-refractivity contribution >= 4 is 5.82 Å². The Balaban J connectivity index is 1.94. The highest BCUT2D eigenvalue weighted by molar-refractivity contribution is 5.44. The average Bonchev–Trinajstić information content (AvgIpc) is 2.71. The molecule has 0 spiro atoms. The Bertz CT molecular complexity index is 523. The van der Waals surface area contributed by atoms with Crippen LogP contribution in [0, 0.1) is 13.8 Å². The molecule has 2 aromatic rings. The van der Waals surface area contributed by atoms with Gasteiger partial charge < -0.3 is 14.6 Å². The predicted molar refractivity (Wildman–Crippen MR) is 68.8 cm³/mol. The van der Waals surface area contributed by atoms with Crippen molar-refractivity contribution in [3.8, 4) is 5.88 Å². The lowest BCUT2D eigenvalue weighted by atomic mass is 10.4. The van der Waals surface area contributed by atoms with E-state index in [1.165, 1.54) is 5.69 Å². The lowest BCUT2D eigenvalue weighted by Crippen LogP contribution is -2.12. The molecule has 18 heavy (non-hydrogen) atoms. The molecule has 0 radical (unpaired) electrons. The summed E-state index contributed by atoms with van der Waals surface area (Å²) >= 11 is 0. The second-order valence-electron chi connectivity index (χ2n) is 3.95. The van der Waals surface area contributed by atoms with Gasteiger partial charge in [-0.05, 0) is 13.8 Å². The van der Waals surface area contributed by atoms with Crippen molar-refractivity contribution in [1.29, 1.82) is 0 Å². The number of nitrogens with one attached hydrogen (secondary N) is 1. The number of methoxy groups -OCH3 is 1. The lowest BCUT2D eigenvalue weighted by molar-refractivity contribution is 0.397. The van der Waals surface area contributed by atoms with E-state index in [4.69, 9.17) is 4.74 Å². The topological polar surface area (TPSA) is 64.9 Å². The van der Waals surface area contributed by atoms with Crippen LogP contribution >= 0.6 is 0 Å². The molecule has 2 heterocycles. The predicted octanol–water partition coefficient (Wildman–Crippen LogP) is 1.41. The van der Waals surface area contributed by atoms with Crippen LogP contribution in [0.25, 0.3) is 0 Å². The summed E-state index contributed by atoms with van der Waals surface area (Å²) in [5.41, 5.74) is 2.25. The first-order valence-corrected chi connectivity index (χ1v) is 5.79. The molecule has 0 aromatic carbocycles. The van der Waals surface area contributed by atoms with Crippen LogP contribution in [0.3, 0.4) is 0 Å². The molecule has 6 heteroatoms. The molecule has 0 bridgehead atoms. The second-order valence-corrected chi connectivity index (χ2v) is 3.95. The number of aryl methyl sites for hydroxylation is 1. The Morgan fingerprint density at radius 3 is 2.67 bits per heavy atom. The summed E-state index contributed by atoms with van der Waals surface area (Å²) in [7, 11) is 1.58. The van der Waals surface area contributed by atoms with E-state index in [0.29, 0.717) is 11.7 Å². The Kier molecular flexibility index (Phi) is 3.76. The van der Waals surface area contributed by atoms with E-state index in [1.807, 2.05) is 13.3 Å². The first-order valence-electron chi connectivity index (χ1n) is 5.79. The summed E-state index contributed by atoms with van der Waals surface area (Å²) in [6, 6.07) is 0. The molecule has 1 N–H and O–H groups in total. The van der Waals surface area contributed by atoms with E-state index in [0.717, 1.165) is 18.8 Å². The number of rotatable bonds is 5. The fraction of sp³-hybridized carbons (Fsp3) is 0.417. The number of hydrogen-bond acceptors (Lipinski definition) is 5. The first kappa shape index (κ1) is 12.3. The van der Waals surface area contributed by atoms with Crippen molar-refractivity contribution in [2.45, 2.75) is 20.4 Å².